The number of methoxy groups -OCH3 is 1. The summed E-state index contributed by atoms with van der Waals surface area (Å²) in [6.07, 6.45) is 1.55. The fourth-order valence-corrected chi connectivity index (χ4v) is 3.59. The molecule has 0 bridgehead atoms. The normalized spacial score (nSPS) is 14.9. The van der Waals surface area contributed by atoms with E-state index in [-0.39, 0.29) is 10.6 Å². The second kappa shape index (κ2) is 9.45. The zero-order valence-electron chi connectivity index (χ0n) is 16.3. The van der Waals surface area contributed by atoms with Crippen LogP contribution in [0.2, 0.25) is 0 Å². The molecule has 1 aliphatic heterocycles. The highest BCUT2D eigenvalue weighted by molar-refractivity contribution is 8.18. The van der Waals surface area contributed by atoms with Gasteiger partial charge in [0.1, 0.15) is 12.4 Å². The first-order chi connectivity index (χ1) is 14.4. The number of anilines is 1. The lowest BCUT2D eigenvalue weighted by Gasteiger charge is -2.12. The van der Waals surface area contributed by atoms with Crippen molar-refractivity contribution in [2.45, 2.75) is 6.92 Å². The van der Waals surface area contributed by atoms with Crippen LogP contribution in [0.5, 0.6) is 11.5 Å². The molecule has 0 spiro atoms. The van der Waals surface area contributed by atoms with Gasteiger partial charge in [0.15, 0.2) is 11.5 Å². The molecule has 7 nitrogen and oxygen atoms in total. The number of carbonyl (C=O) groups excluding carboxylic acids is 3. The van der Waals surface area contributed by atoms with E-state index in [4.69, 9.17) is 9.47 Å². The van der Waals surface area contributed by atoms with Crippen LogP contribution in [0.3, 0.4) is 0 Å². The second-order valence-corrected chi connectivity index (χ2v) is 7.16. The number of carbonyl (C=O) groups is 3. The molecule has 3 amide bonds. The molecule has 9 heteroatoms. The summed E-state index contributed by atoms with van der Waals surface area (Å²) in [7, 11) is 1.53. The third-order valence-corrected chi connectivity index (χ3v) is 4.98. The maximum atomic E-state index is 13.2. The van der Waals surface area contributed by atoms with Crippen molar-refractivity contribution in [3.63, 3.8) is 0 Å². The lowest BCUT2D eigenvalue weighted by Crippen LogP contribution is -2.36. The van der Waals surface area contributed by atoms with Crippen molar-refractivity contribution in [1.82, 2.24) is 4.90 Å². The molecule has 1 aliphatic rings. The molecule has 0 radical (unpaired) electrons. The number of halogens is 1. The molecule has 0 aliphatic carbocycles. The number of hydrogen-bond donors (Lipinski definition) is 1. The van der Waals surface area contributed by atoms with Crippen molar-refractivity contribution in [3.8, 4) is 11.5 Å². The average Bonchev–Trinajstić information content (AvgIpc) is 2.96. The monoisotopic (exact) mass is 430 g/mol. The summed E-state index contributed by atoms with van der Waals surface area (Å²) in [4.78, 5) is 38.1. The maximum absolute atomic E-state index is 13.2. The average molecular weight is 430 g/mol. The Hall–Kier alpha value is -3.33. The van der Waals surface area contributed by atoms with Crippen molar-refractivity contribution in [2.24, 2.45) is 0 Å². The minimum Gasteiger partial charge on any atom is -0.493 e. The SMILES string of the molecule is CCOc1cc(/C=C2/SC(=O)N(CC(=O)Nc3cccc(F)c3)C2=O)ccc1OC. The summed E-state index contributed by atoms with van der Waals surface area (Å²) in [5.74, 6) is -0.619. The molecular weight excluding hydrogens is 411 g/mol. The van der Waals surface area contributed by atoms with Crippen LogP contribution in [0, 0.1) is 5.82 Å². The summed E-state index contributed by atoms with van der Waals surface area (Å²) in [5.41, 5.74) is 0.887. The summed E-state index contributed by atoms with van der Waals surface area (Å²) >= 11 is 0.743. The van der Waals surface area contributed by atoms with Crippen LogP contribution >= 0.6 is 11.8 Å². The number of amides is 3. The Labute approximate surface area is 176 Å². The highest BCUT2D eigenvalue weighted by Gasteiger charge is 2.36. The van der Waals surface area contributed by atoms with Crippen molar-refractivity contribution < 1.29 is 28.2 Å². The predicted molar refractivity (Wildman–Crippen MR) is 112 cm³/mol. The Morgan fingerprint density at radius 1 is 1.20 bits per heavy atom. The maximum Gasteiger partial charge on any atom is 0.294 e. The van der Waals surface area contributed by atoms with Gasteiger partial charge >= 0.3 is 0 Å². The standard InChI is InChI=1S/C21H19FN2O5S/c1-3-29-17-9-13(7-8-16(17)28-2)10-18-20(26)24(21(27)30-18)12-19(25)23-15-6-4-5-14(22)11-15/h4-11H,3,12H2,1-2H3,(H,23,25)/b18-10+. The van der Waals surface area contributed by atoms with Crippen LogP contribution in [0.25, 0.3) is 6.08 Å². The van der Waals surface area contributed by atoms with E-state index in [1.807, 2.05) is 6.92 Å². The van der Waals surface area contributed by atoms with Crippen LogP contribution in [-0.4, -0.2) is 42.2 Å². The molecule has 2 aromatic carbocycles. The van der Waals surface area contributed by atoms with E-state index < -0.39 is 29.4 Å². The van der Waals surface area contributed by atoms with Crippen LogP contribution in [0.1, 0.15) is 12.5 Å². The van der Waals surface area contributed by atoms with E-state index in [0.29, 0.717) is 23.7 Å². The molecule has 1 heterocycles. The van der Waals surface area contributed by atoms with E-state index in [1.165, 1.54) is 25.3 Å². The van der Waals surface area contributed by atoms with Gasteiger partial charge in [-0.05, 0) is 60.7 Å². The van der Waals surface area contributed by atoms with Gasteiger partial charge < -0.3 is 14.8 Å². The molecule has 1 fully saturated rings. The summed E-state index contributed by atoms with van der Waals surface area (Å²) in [6.45, 7) is 1.81. The number of imide groups is 1. The number of benzene rings is 2. The van der Waals surface area contributed by atoms with Gasteiger partial charge in [-0.2, -0.15) is 0 Å². The third-order valence-electron chi connectivity index (χ3n) is 4.07. The van der Waals surface area contributed by atoms with E-state index >= 15 is 0 Å². The molecule has 0 unspecified atom stereocenters. The molecule has 3 rings (SSSR count). The summed E-state index contributed by atoms with van der Waals surface area (Å²) in [5, 5.41) is 1.91. The van der Waals surface area contributed by atoms with Gasteiger partial charge in [0.25, 0.3) is 11.1 Å². The molecule has 0 aromatic heterocycles. The Kier molecular flexibility index (Phi) is 6.73. The summed E-state index contributed by atoms with van der Waals surface area (Å²) < 4.78 is 24.0. The number of nitrogens with zero attached hydrogens (tertiary/aromatic N) is 1. The van der Waals surface area contributed by atoms with E-state index in [9.17, 15) is 18.8 Å². The highest BCUT2D eigenvalue weighted by Crippen LogP contribution is 2.34. The smallest absolute Gasteiger partial charge is 0.294 e. The Morgan fingerprint density at radius 3 is 2.70 bits per heavy atom. The van der Waals surface area contributed by atoms with Gasteiger partial charge in [0, 0.05) is 5.69 Å². The molecule has 2 aromatic rings. The molecule has 30 heavy (non-hydrogen) atoms. The zero-order chi connectivity index (χ0) is 21.7. The van der Waals surface area contributed by atoms with Gasteiger partial charge in [0.2, 0.25) is 5.91 Å². The van der Waals surface area contributed by atoms with Crippen molar-refractivity contribution >= 4 is 40.6 Å². The first kappa shape index (κ1) is 21.4. The van der Waals surface area contributed by atoms with Gasteiger partial charge in [-0.3, -0.25) is 19.3 Å². The molecular formula is C21H19FN2O5S. The molecule has 0 saturated carbocycles. The number of thioether (sulfide) groups is 1. The van der Waals surface area contributed by atoms with Gasteiger partial charge in [-0.1, -0.05) is 12.1 Å². The first-order valence-corrected chi connectivity index (χ1v) is 9.84. The molecule has 1 saturated heterocycles. The highest BCUT2D eigenvalue weighted by atomic mass is 32.2. The van der Waals surface area contributed by atoms with Crippen LogP contribution in [0.4, 0.5) is 14.9 Å². The summed E-state index contributed by atoms with van der Waals surface area (Å²) in [6, 6.07) is 10.5. The largest absolute Gasteiger partial charge is 0.493 e. The van der Waals surface area contributed by atoms with Gasteiger partial charge in [-0.15, -0.1) is 0 Å². The number of hydrogen-bond acceptors (Lipinski definition) is 6. The number of ether oxygens (including phenoxy) is 2. The van der Waals surface area contributed by atoms with Gasteiger partial charge in [0.05, 0.1) is 18.6 Å². The third kappa shape index (κ3) is 4.98. The minimum absolute atomic E-state index is 0.186. The fourth-order valence-electron chi connectivity index (χ4n) is 2.75. The van der Waals surface area contributed by atoms with Crippen LogP contribution in [0.15, 0.2) is 47.4 Å². The van der Waals surface area contributed by atoms with E-state index in [2.05, 4.69) is 5.32 Å². The van der Waals surface area contributed by atoms with Crippen molar-refractivity contribution in [3.05, 3.63) is 58.8 Å². The topological polar surface area (TPSA) is 84.9 Å². The minimum atomic E-state index is -0.604. The van der Waals surface area contributed by atoms with E-state index in [1.54, 1.807) is 24.3 Å². The predicted octanol–water partition coefficient (Wildman–Crippen LogP) is 3.91. The quantitative estimate of drug-likeness (QED) is 0.671. The number of rotatable bonds is 7. The first-order valence-electron chi connectivity index (χ1n) is 9.03. The van der Waals surface area contributed by atoms with Crippen molar-refractivity contribution in [2.75, 3.05) is 25.6 Å². The van der Waals surface area contributed by atoms with Crippen LogP contribution < -0.4 is 14.8 Å². The Balaban J connectivity index is 1.72. The van der Waals surface area contributed by atoms with Crippen LogP contribution in [-0.2, 0) is 9.59 Å². The Morgan fingerprint density at radius 2 is 2.00 bits per heavy atom. The molecule has 156 valence electrons. The van der Waals surface area contributed by atoms with E-state index in [0.717, 1.165) is 22.7 Å². The van der Waals surface area contributed by atoms with Crippen molar-refractivity contribution in [1.29, 1.82) is 0 Å². The lowest BCUT2D eigenvalue weighted by atomic mass is 10.2. The number of nitrogens with one attached hydrogen (secondary N) is 1. The molecule has 0 atom stereocenters. The Bertz CT molecular complexity index is 1020. The second-order valence-electron chi connectivity index (χ2n) is 6.17. The fraction of sp³-hybridized carbons (Fsp3) is 0.190. The zero-order valence-corrected chi connectivity index (χ0v) is 17.1. The molecule has 1 N–H and O–H groups in total. The van der Waals surface area contributed by atoms with Gasteiger partial charge in [-0.25, -0.2) is 4.39 Å². The lowest BCUT2D eigenvalue weighted by molar-refractivity contribution is -0.127.